The Balaban J connectivity index is 1.85. The molecule has 2 heterocycles. The molecule has 1 atom stereocenters. The van der Waals surface area contributed by atoms with Gasteiger partial charge in [0.05, 0.1) is 21.3 Å². The Hall–Kier alpha value is -3.55. The predicted octanol–water partition coefficient (Wildman–Crippen LogP) is 2.75. The normalized spacial score (nSPS) is 15.4. The van der Waals surface area contributed by atoms with Gasteiger partial charge in [0, 0.05) is 16.8 Å². The Kier molecular flexibility index (Phi) is 4.37. The van der Waals surface area contributed by atoms with Crippen LogP contribution in [0.2, 0.25) is 0 Å². The van der Waals surface area contributed by atoms with Crippen LogP contribution in [0.15, 0.2) is 48.5 Å². The van der Waals surface area contributed by atoms with Gasteiger partial charge in [-0.15, -0.1) is 0 Å². The van der Waals surface area contributed by atoms with Crippen molar-refractivity contribution < 1.29 is 14.2 Å². The molecule has 0 unspecified atom stereocenters. The second kappa shape index (κ2) is 6.99. The number of fused-ring (bicyclic) bond motifs is 1. The first-order chi connectivity index (χ1) is 13.2. The molecule has 1 aromatic heterocycles. The molecule has 4 rings (SSSR count). The van der Waals surface area contributed by atoms with E-state index in [2.05, 4.69) is 26.9 Å². The number of benzene rings is 2. The zero-order valence-electron chi connectivity index (χ0n) is 15.2. The van der Waals surface area contributed by atoms with E-state index in [9.17, 15) is 0 Å². The number of anilines is 1. The number of nitrogens with zero attached hydrogens (tertiary/aromatic N) is 4. The number of hydrogen-bond acceptors (Lipinski definition) is 7. The van der Waals surface area contributed by atoms with Gasteiger partial charge in [0.2, 0.25) is 5.95 Å². The second-order valence-corrected chi connectivity index (χ2v) is 5.94. The molecular formula is C19H19N5O3. The number of ether oxygens (including phenoxy) is 3. The lowest BCUT2D eigenvalue weighted by Gasteiger charge is -2.25. The van der Waals surface area contributed by atoms with Crippen LogP contribution in [0.25, 0.3) is 5.70 Å². The van der Waals surface area contributed by atoms with E-state index < -0.39 is 0 Å². The van der Waals surface area contributed by atoms with Crippen LogP contribution in [-0.2, 0) is 0 Å². The maximum absolute atomic E-state index is 5.56. The number of hydrogen-bond donors (Lipinski definition) is 1. The third-order valence-electron chi connectivity index (χ3n) is 4.46. The quantitative estimate of drug-likeness (QED) is 0.744. The summed E-state index contributed by atoms with van der Waals surface area (Å²) in [7, 11) is 4.92. The first-order valence-electron chi connectivity index (χ1n) is 8.36. The number of methoxy groups -OCH3 is 3. The highest BCUT2D eigenvalue weighted by Crippen LogP contribution is 2.37. The SMILES string of the molecule is COc1cccc(C2=C[C@@H](c3cc(OC)ccc3OC)n3nnnc3N2)c1. The summed E-state index contributed by atoms with van der Waals surface area (Å²) in [5.74, 6) is 2.78. The molecule has 2 aromatic carbocycles. The van der Waals surface area contributed by atoms with Gasteiger partial charge in [-0.05, 0) is 46.8 Å². The summed E-state index contributed by atoms with van der Waals surface area (Å²) in [5.41, 5.74) is 2.74. The third-order valence-corrected chi connectivity index (χ3v) is 4.46. The van der Waals surface area contributed by atoms with Crippen molar-refractivity contribution in [3.05, 3.63) is 59.7 Å². The van der Waals surface area contributed by atoms with E-state index in [-0.39, 0.29) is 6.04 Å². The largest absolute Gasteiger partial charge is 0.497 e. The summed E-state index contributed by atoms with van der Waals surface area (Å²) in [6, 6.07) is 13.2. The Morgan fingerprint density at radius 2 is 1.78 bits per heavy atom. The molecule has 27 heavy (non-hydrogen) atoms. The van der Waals surface area contributed by atoms with Gasteiger partial charge in [-0.3, -0.25) is 0 Å². The Morgan fingerprint density at radius 1 is 0.963 bits per heavy atom. The monoisotopic (exact) mass is 365 g/mol. The van der Waals surface area contributed by atoms with Gasteiger partial charge in [-0.25, -0.2) is 0 Å². The van der Waals surface area contributed by atoms with Crippen molar-refractivity contribution in [1.29, 1.82) is 0 Å². The van der Waals surface area contributed by atoms with E-state index in [4.69, 9.17) is 14.2 Å². The van der Waals surface area contributed by atoms with Crippen molar-refractivity contribution in [2.45, 2.75) is 6.04 Å². The maximum Gasteiger partial charge on any atom is 0.248 e. The van der Waals surface area contributed by atoms with Gasteiger partial charge < -0.3 is 19.5 Å². The summed E-state index contributed by atoms with van der Waals surface area (Å²) in [6.07, 6.45) is 2.05. The Labute approximate surface area is 156 Å². The van der Waals surface area contributed by atoms with Crippen LogP contribution in [0.5, 0.6) is 17.2 Å². The molecule has 1 N–H and O–H groups in total. The van der Waals surface area contributed by atoms with E-state index >= 15 is 0 Å². The molecule has 0 fully saturated rings. The predicted molar refractivity (Wildman–Crippen MR) is 100 cm³/mol. The van der Waals surface area contributed by atoms with Crippen LogP contribution >= 0.6 is 0 Å². The molecule has 8 nitrogen and oxygen atoms in total. The van der Waals surface area contributed by atoms with Crippen molar-refractivity contribution in [1.82, 2.24) is 20.2 Å². The van der Waals surface area contributed by atoms with Crippen LogP contribution < -0.4 is 19.5 Å². The molecule has 8 heteroatoms. The fraction of sp³-hybridized carbons (Fsp3) is 0.211. The number of tetrazole rings is 1. The highest BCUT2D eigenvalue weighted by Gasteiger charge is 2.27. The van der Waals surface area contributed by atoms with E-state index in [1.54, 1.807) is 26.0 Å². The lowest BCUT2D eigenvalue weighted by atomic mass is 10.0. The fourth-order valence-electron chi connectivity index (χ4n) is 3.10. The lowest BCUT2D eigenvalue weighted by Crippen LogP contribution is -2.20. The molecule has 0 spiro atoms. The third kappa shape index (κ3) is 3.05. The minimum Gasteiger partial charge on any atom is -0.497 e. The standard InChI is InChI=1S/C19H19N5O3/c1-25-13-6-4-5-12(9-13)16-11-17(24-19(20-16)21-22-23-24)15-10-14(26-2)7-8-18(15)27-3/h4-11,17H,1-3H3,(H,20,21,23)/t17-/m0/s1. The highest BCUT2D eigenvalue weighted by atomic mass is 16.5. The van der Waals surface area contributed by atoms with Crippen molar-refractivity contribution in [3.63, 3.8) is 0 Å². The van der Waals surface area contributed by atoms with Crippen LogP contribution in [0.4, 0.5) is 5.95 Å². The molecule has 1 aliphatic rings. The van der Waals surface area contributed by atoms with Crippen molar-refractivity contribution >= 4 is 11.6 Å². The van der Waals surface area contributed by atoms with E-state index in [0.717, 1.165) is 34.1 Å². The zero-order chi connectivity index (χ0) is 18.8. The summed E-state index contributed by atoms with van der Waals surface area (Å²) >= 11 is 0. The van der Waals surface area contributed by atoms with Gasteiger partial charge in [0.15, 0.2) is 0 Å². The summed E-state index contributed by atoms with van der Waals surface area (Å²) in [5, 5.41) is 15.3. The van der Waals surface area contributed by atoms with Gasteiger partial charge in [-0.1, -0.05) is 17.2 Å². The zero-order valence-corrected chi connectivity index (χ0v) is 15.2. The summed E-state index contributed by atoms with van der Waals surface area (Å²) < 4.78 is 18.0. The minimum absolute atomic E-state index is 0.262. The van der Waals surface area contributed by atoms with Crippen molar-refractivity contribution in [3.8, 4) is 17.2 Å². The van der Waals surface area contributed by atoms with Crippen molar-refractivity contribution in [2.24, 2.45) is 0 Å². The molecule has 0 aliphatic carbocycles. The average molecular weight is 365 g/mol. The molecule has 0 bridgehead atoms. The lowest BCUT2D eigenvalue weighted by molar-refractivity contribution is 0.393. The van der Waals surface area contributed by atoms with E-state index in [1.165, 1.54) is 0 Å². The average Bonchev–Trinajstić information content (AvgIpc) is 3.21. The molecule has 0 amide bonds. The number of rotatable bonds is 5. The Bertz CT molecular complexity index is 999. The number of allylic oxidation sites excluding steroid dienone is 1. The van der Waals surface area contributed by atoms with Crippen molar-refractivity contribution in [2.75, 3.05) is 26.6 Å². The molecule has 3 aromatic rings. The summed E-state index contributed by atoms with van der Waals surface area (Å²) in [6.45, 7) is 0. The number of aromatic nitrogens is 4. The minimum atomic E-state index is -0.262. The van der Waals surface area contributed by atoms with E-state index in [1.807, 2.05) is 42.5 Å². The smallest absolute Gasteiger partial charge is 0.248 e. The number of nitrogens with one attached hydrogen (secondary N) is 1. The molecule has 138 valence electrons. The van der Waals surface area contributed by atoms with Gasteiger partial charge in [-0.2, -0.15) is 4.68 Å². The first kappa shape index (κ1) is 16.9. The molecular weight excluding hydrogens is 346 g/mol. The highest BCUT2D eigenvalue weighted by molar-refractivity contribution is 5.77. The molecule has 1 aliphatic heterocycles. The van der Waals surface area contributed by atoms with Gasteiger partial charge >= 0.3 is 0 Å². The van der Waals surface area contributed by atoms with Crippen LogP contribution in [0.1, 0.15) is 17.2 Å². The molecule has 0 saturated carbocycles. The second-order valence-electron chi connectivity index (χ2n) is 5.94. The van der Waals surface area contributed by atoms with Crippen LogP contribution in [0, 0.1) is 0 Å². The van der Waals surface area contributed by atoms with Gasteiger partial charge in [0.25, 0.3) is 0 Å². The topological polar surface area (TPSA) is 83.3 Å². The van der Waals surface area contributed by atoms with Gasteiger partial charge in [0.1, 0.15) is 23.3 Å². The van der Waals surface area contributed by atoms with Crippen LogP contribution in [-0.4, -0.2) is 41.5 Å². The Morgan fingerprint density at radius 3 is 2.56 bits per heavy atom. The fourth-order valence-corrected chi connectivity index (χ4v) is 3.10. The first-order valence-corrected chi connectivity index (χ1v) is 8.36. The van der Waals surface area contributed by atoms with E-state index in [0.29, 0.717) is 5.95 Å². The maximum atomic E-state index is 5.56. The summed E-state index contributed by atoms with van der Waals surface area (Å²) in [4.78, 5) is 0. The molecule has 0 saturated heterocycles. The molecule has 0 radical (unpaired) electrons. The van der Waals surface area contributed by atoms with Crippen LogP contribution in [0.3, 0.4) is 0 Å².